The third-order valence-electron chi connectivity index (χ3n) is 3.27. The third-order valence-corrected chi connectivity index (χ3v) is 3.27. The lowest BCUT2D eigenvalue weighted by atomic mass is 9.89. The van der Waals surface area contributed by atoms with Crippen LogP contribution in [0, 0.1) is 0 Å². The Bertz CT molecular complexity index is 360. The lowest BCUT2D eigenvalue weighted by Crippen LogP contribution is -2.36. The summed E-state index contributed by atoms with van der Waals surface area (Å²) in [7, 11) is 0. The zero-order chi connectivity index (χ0) is 11.6. The number of hydrogen-bond donors (Lipinski definition) is 1. The van der Waals surface area contributed by atoms with Crippen molar-refractivity contribution < 1.29 is 4.74 Å². The smallest absolute Gasteiger partial charge is 0.0835 e. The molecule has 1 aliphatic rings. The van der Waals surface area contributed by atoms with Gasteiger partial charge in [-0.2, -0.15) is 0 Å². The van der Waals surface area contributed by atoms with Gasteiger partial charge < -0.3 is 10.5 Å². The van der Waals surface area contributed by atoms with Gasteiger partial charge in [-0.15, -0.1) is 0 Å². The lowest BCUT2D eigenvalue weighted by Gasteiger charge is -2.33. The van der Waals surface area contributed by atoms with Gasteiger partial charge in [-0.1, -0.05) is 24.3 Å². The Morgan fingerprint density at radius 1 is 1.38 bits per heavy atom. The summed E-state index contributed by atoms with van der Waals surface area (Å²) in [4.78, 5) is 0. The van der Waals surface area contributed by atoms with E-state index < -0.39 is 0 Å². The second-order valence-corrected chi connectivity index (χ2v) is 5.16. The van der Waals surface area contributed by atoms with E-state index in [0.717, 1.165) is 6.42 Å². The molecule has 1 unspecified atom stereocenters. The number of hydrogen-bond acceptors (Lipinski definition) is 2. The Hall–Kier alpha value is -0.860. The Labute approximate surface area is 97.8 Å². The summed E-state index contributed by atoms with van der Waals surface area (Å²) in [6.45, 7) is 4.68. The predicted molar refractivity (Wildman–Crippen MR) is 66.3 cm³/mol. The van der Waals surface area contributed by atoms with E-state index in [1.165, 1.54) is 24.0 Å². The van der Waals surface area contributed by atoms with Gasteiger partial charge in [0.05, 0.1) is 11.7 Å². The van der Waals surface area contributed by atoms with Crippen molar-refractivity contribution in [2.24, 2.45) is 5.73 Å². The summed E-state index contributed by atoms with van der Waals surface area (Å²) >= 11 is 0. The Morgan fingerprint density at radius 3 is 2.88 bits per heavy atom. The molecule has 0 amide bonds. The van der Waals surface area contributed by atoms with Crippen molar-refractivity contribution in [2.75, 3.05) is 6.54 Å². The van der Waals surface area contributed by atoms with Crippen LogP contribution >= 0.6 is 0 Å². The van der Waals surface area contributed by atoms with E-state index in [-0.39, 0.29) is 11.7 Å². The zero-order valence-electron chi connectivity index (χ0n) is 10.2. The molecule has 0 saturated carbocycles. The van der Waals surface area contributed by atoms with Gasteiger partial charge in [-0.3, -0.25) is 0 Å². The summed E-state index contributed by atoms with van der Waals surface area (Å²) < 4.78 is 6.13. The van der Waals surface area contributed by atoms with Crippen molar-refractivity contribution in [1.29, 1.82) is 0 Å². The fraction of sp³-hybridized carbons (Fsp3) is 0.571. The number of ether oxygens (including phenoxy) is 1. The van der Waals surface area contributed by atoms with Crippen molar-refractivity contribution in [3.05, 3.63) is 35.4 Å². The summed E-state index contributed by atoms with van der Waals surface area (Å²) in [5.41, 5.74) is 8.28. The van der Waals surface area contributed by atoms with Gasteiger partial charge in [-0.25, -0.2) is 0 Å². The molecule has 2 nitrogen and oxygen atoms in total. The summed E-state index contributed by atoms with van der Waals surface area (Å²) in [6, 6.07) is 8.59. The van der Waals surface area contributed by atoms with E-state index >= 15 is 0 Å². The average molecular weight is 219 g/mol. The molecule has 1 aliphatic carbocycles. The summed E-state index contributed by atoms with van der Waals surface area (Å²) in [5.74, 6) is 0. The van der Waals surface area contributed by atoms with Gasteiger partial charge in [0.25, 0.3) is 0 Å². The number of benzene rings is 1. The molecule has 1 atom stereocenters. The van der Waals surface area contributed by atoms with Crippen molar-refractivity contribution in [3.63, 3.8) is 0 Å². The van der Waals surface area contributed by atoms with Gasteiger partial charge in [0.2, 0.25) is 0 Å². The van der Waals surface area contributed by atoms with E-state index in [0.29, 0.717) is 6.54 Å². The van der Waals surface area contributed by atoms with Crippen molar-refractivity contribution in [1.82, 2.24) is 0 Å². The molecule has 0 aliphatic heterocycles. The lowest BCUT2D eigenvalue weighted by molar-refractivity contribution is -0.0739. The van der Waals surface area contributed by atoms with Gasteiger partial charge in [-0.05, 0) is 44.2 Å². The summed E-state index contributed by atoms with van der Waals surface area (Å²) in [5, 5.41) is 0. The molecule has 2 heteroatoms. The van der Waals surface area contributed by atoms with Crippen LogP contribution in [0.4, 0.5) is 0 Å². The highest BCUT2D eigenvalue weighted by Gasteiger charge is 2.26. The Kier molecular flexibility index (Phi) is 3.31. The molecule has 1 aromatic rings. The summed E-state index contributed by atoms with van der Waals surface area (Å²) in [6.07, 6.45) is 3.73. The van der Waals surface area contributed by atoms with Crippen LogP contribution in [0.1, 0.15) is 43.9 Å². The van der Waals surface area contributed by atoms with Crippen LogP contribution in [0.5, 0.6) is 0 Å². The molecule has 0 radical (unpaired) electrons. The largest absolute Gasteiger partial charge is 0.366 e. The van der Waals surface area contributed by atoms with E-state index in [1.807, 2.05) is 0 Å². The zero-order valence-corrected chi connectivity index (χ0v) is 10.2. The van der Waals surface area contributed by atoms with Crippen LogP contribution in [0.2, 0.25) is 0 Å². The maximum absolute atomic E-state index is 6.13. The van der Waals surface area contributed by atoms with E-state index in [1.54, 1.807) is 0 Å². The molecule has 88 valence electrons. The highest BCUT2D eigenvalue weighted by Crippen LogP contribution is 2.34. The number of nitrogens with two attached hydrogens (primary N) is 1. The minimum absolute atomic E-state index is 0.225. The quantitative estimate of drug-likeness (QED) is 0.848. The second kappa shape index (κ2) is 4.56. The molecular weight excluding hydrogens is 198 g/mol. The maximum Gasteiger partial charge on any atom is 0.0835 e. The molecule has 2 rings (SSSR count). The predicted octanol–water partition coefficient (Wildman–Crippen LogP) is 2.82. The van der Waals surface area contributed by atoms with E-state index in [9.17, 15) is 0 Å². The third kappa shape index (κ3) is 2.45. The first-order valence-electron chi connectivity index (χ1n) is 6.08. The maximum atomic E-state index is 6.13. The van der Waals surface area contributed by atoms with Gasteiger partial charge in [0, 0.05) is 6.54 Å². The van der Waals surface area contributed by atoms with Crippen LogP contribution in [0.25, 0.3) is 0 Å². The number of fused-ring (bicyclic) bond motifs is 1. The van der Waals surface area contributed by atoms with E-state index in [2.05, 4.69) is 38.1 Å². The van der Waals surface area contributed by atoms with Crippen LogP contribution in [0.15, 0.2) is 24.3 Å². The fourth-order valence-electron chi connectivity index (χ4n) is 2.27. The van der Waals surface area contributed by atoms with Crippen molar-refractivity contribution in [2.45, 2.75) is 44.8 Å². The number of rotatable bonds is 3. The molecule has 16 heavy (non-hydrogen) atoms. The Balaban J connectivity index is 2.19. The van der Waals surface area contributed by atoms with Gasteiger partial charge in [0.1, 0.15) is 0 Å². The van der Waals surface area contributed by atoms with Crippen molar-refractivity contribution in [3.8, 4) is 0 Å². The first-order chi connectivity index (χ1) is 7.62. The monoisotopic (exact) mass is 219 g/mol. The second-order valence-electron chi connectivity index (χ2n) is 5.16. The van der Waals surface area contributed by atoms with Crippen molar-refractivity contribution >= 4 is 0 Å². The normalized spacial score (nSPS) is 20.6. The minimum Gasteiger partial charge on any atom is -0.366 e. The topological polar surface area (TPSA) is 35.2 Å². The van der Waals surface area contributed by atoms with Gasteiger partial charge in [0.15, 0.2) is 0 Å². The first kappa shape index (κ1) is 11.6. The standard InChI is InChI=1S/C14H21NO/c1-14(2,10-15)16-13-9-5-7-11-6-3-4-8-12(11)13/h3-4,6,8,13H,5,7,9-10,15H2,1-2H3. The first-order valence-corrected chi connectivity index (χ1v) is 6.08. The molecule has 0 heterocycles. The average Bonchev–Trinajstić information content (AvgIpc) is 2.29. The molecule has 0 fully saturated rings. The highest BCUT2D eigenvalue weighted by molar-refractivity contribution is 5.31. The van der Waals surface area contributed by atoms with Crippen LogP contribution in [-0.2, 0) is 11.2 Å². The van der Waals surface area contributed by atoms with Crippen LogP contribution in [0.3, 0.4) is 0 Å². The molecule has 0 bridgehead atoms. The van der Waals surface area contributed by atoms with Crippen LogP contribution in [-0.4, -0.2) is 12.1 Å². The van der Waals surface area contributed by atoms with Crippen LogP contribution < -0.4 is 5.73 Å². The molecule has 1 aromatic carbocycles. The highest BCUT2D eigenvalue weighted by atomic mass is 16.5. The molecule has 0 aromatic heterocycles. The molecular formula is C14H21NO. The SMILES string of the molecule is CC(C)(CN)OC1CCCc2ccccc21. The number of aryl methyl sites for hydroxylation is 1. The minimum atomic E-state index is -0.227. The van der Waals surface area contributed by atoms with Gasteiger partial charge >= 0.3 is 0 Å². The molecule has 0 spiro atoms. The Morgan fingerprint density at radius 2 is 2.12 bits per heavy atom. The molecule has 2 N–H and O–H groups in total. The molecule has 0 saturated heterocycles. The fourth-order valence-corrected chi connectivity index (χ4v) is 2.27. The van der Waals surface area contributed by atoms with E-state index in [4.69, 9.17) is 10.5 Å².